The van der Waals surface area contributed by atoms with Gasteiger partial charge in [-0.2, -0.15) is 0 Å². The van der Waals surface area contributed by atoms with Gasteiger partial charge in [0.05, 0.1) is 16.7 Å². The molecule has 10 aromatic rings. The van der Waals surface area contributed by atoms with E-state index in [4.69, 9.17) is 0 Å². The van der Waals surface area contributed by atoms with E-state index in [0.717, 1.165) is 49.1 Å². The van der Waals surface area contributed by atoms with Crippen molar-refractivity contribution in [2.75, 3.05) is 0 Å². The van der Waals surface area contributed by atoms with Crippen LogP contribution in [0.4, 0.5) is 0 Å². The van der Waals surface area contributed by atoms with Gasteiger partial charge in [-0.05, 0) is 67.9 Å². The van der Waals surface area contributed by atoms with Crippen LogP contribution in [0.5, 0.6) is 0 Å². The molecule has 0 fully saturated rings. The molecule has 0 bridgehead atoms. The Balaban J connectivity index is 1.22. The smallest absolute Gasteiger partial charge is 0.172 e. The van der Waals surface area contributed by atoms with E-state index in [2.05, 4.69) is 164 Å². The number of hydrogen-bond donors (Lipinski definition) is 0. The summed E-state index contributed by atoms with van der Waals surface area (Å²) in [5.74, 6) is 0. The molecule has 1 atom stereocenters. The van der Waals surface area contributed by atoms with Crippen LogP contribution in [0.3, 0.4) is 0 Å². The molecule has 0 saturated carbocycles. The van der Waals surface area contributed by atoms with Gasteiger partial charge in [-0.25, -0.2) is 0 Å². The SMILES string of the molecule is CC1(C)c2ccccc2-c2ccc(-c3c4ccccc4c(-n4c5ccccc5c5ccc6c(c54)-c4ccccc4P6(=O)c4ccccc4)c4ccccc34)cc21. The number of aromatic nitrogens is 1. The van der Waals surface area contributed by atoms with Crippen LogP contribution in [-0.4, -0.2) is 4.57 Å². The predicted molar refractivity (Wildman–Crippen MR) is 237 cm³/mol. The predicted octanol–water partition coefficient (Wildman–Crippen LogP) is 12.7. The largest absolute Gasteiger partial charge is 0.309 e. The Labute approximate surface area is 325 Å². The molecular formula is C53H36NOP. The standard InChI is InChI=1S/C53H36NOP/c1-53(2)44-25-13-10-18-35(44)36-29-28-33(32-45(36)53)49-38-20-6-8-22-40(38)51(41-23-9-7-21-39(41)49)54-46-26-14-11-19-37(46)42-30-31-48-50(52(42)54)43-24-12-15-27-47(43)56(48,55)34-16-4-3-5-17-34/h3-32H,1-2H3. The van der Waals surface area contributed by atoms with Gasteiger partial charge in [0, 0.05) is 48.4 Å². The van der Waals surface area contributed by atoms with E-state index in [-0.39, 0.29) is 5.41 Å². The lowest BCUT2D eigenvalue weighted by Gasteiger charge is -2.23. The van der Waals surface area contributed by atoms with Gasteiger partial charge in [-0.3, -0.25) is 0 Å². The summed E-state index contributed by atoms with van der Waals surface area (Å²) in [7, 11) is -3.16. The van der Waals surface area contributed by atoms with Crippen molar-refractivity contribution in [1.82, 2.24) is 4.57 Å². The van der Waals surface area contributed by atoms with Crippen LogP contribution in [0.15, 0.2) is 182 Å². The summed E-state index contributed by atoms with van der Waals surface area (Å²) in [4.78, 5) is 0. The van der Waals surface area contributed by atoms with E-state index in [1.807, 2.05) is 36.4 Å². The van der Waals surface area contributed by atoms with Crippen LogP contribution in [-0.2, 0) is 9.98 Å². The zero-order chi connectivity index (χ0) is 37.3. The van der Waals surface area contributed by atoms with Crippen LogP contribution >= 0.6 is 7.14 Å². The van der Waals surface area contributed by atoms with Crippen molar-refractivity contribution >= 4 is 66.4 Å². The maximum Gasteiger partial charge on any atom is 0.172 e. The molecule has 0 saturated heterocycles. The molecule has 2 heterocycles. The van der Waals surface area contributed by atoms with Gasteiger partial charge in [-0.1, -0.05) is 178 Å². The van der Waals surface area contributed by atoms with Gasteiger partial charge in [0.1, 0.15) is 0 Å². The third-order valence-corrected chi connectivity index (χ3v) is 15.9. The summed E-state index contributed by atoms with van der Waals surface area (Å²) >= 11 is 0. The van der Waals surface area contributed by atoms with E-state index in [0.29, 0.717) is 0 Å². The van der Waals surface area contributed by atoms with Gasteiger partial charge in [0.25, 0.3) is 0 Å². The highest BCUT2D eigenvalue weighted by molar-refractivity contribution is 7.86. The number of hydrogen-bond acceptors (Lipinski definition) is 1. The Bertz CT molecular complexity index is 3310. The van der Waals surface area contributed by atoms with Crippen molar-refractivity contribution in [2.45, 2.75) is 19.3 Å². The van der Waals surface area contributed by atoms with Crippen molar-refractivity contribution in [3.63, 3.8) is 0 Å². The van der Waals surface area contributed by atoms with E-state index in [1.54, 1.807) is 0 Å². The Morgan fingerprint density at radius 1 is 0.446 bits per heavy atom. The molecule has 0 amide bonds. The van der Waals surface area contributed by atoms with Crippen molar-refractivity contribution in [2.24, 2.45) is 0 Å². The number of rotatable bonds is 3. The molecule has 1 aliphatic carbocycles. The lowest BCUT2D eigenvalue weighted by molar-refractivity contribution is 0.593. The first-order chi connectivity index (χ1) is 27.5. The van der Waals surface area contributed by atoms with Crippen molar-refractivity contribution < 1.29 is 4.57 Å². The summed E-state index contributed by atoms with van der Waals surface area (Å²) in [5, 5.41) is 9.82. The van der Waals surface area contributed by atoms with Crippen molar-refractivity contribution in [1.29, 1.82) is 0 Å². The fourth-order valence-corrected chi connectivity index (χ4v) is 13.4. The lowest BCUT2D eigenvalue weighted by atomic mass is 9.81. The van der Waals surface area contributed by atoms with Crippen molar-refractivity contribution in [3.05, 3.63) is 193 Å². The van der Waals surface area contributed by atoms with Crippen LogP contribution < -0.4 is 15.9 Å². The van der Waals surface area contributed by atoms with Gasteiger partial charge < -0.3 is 9.13 Å². The number of nitrogens with zero attached hydrogens (tertiary/aromatic N) is 1. The zero-order valence-electron chi connectivity index (χ0n) is 31.1. The Morgan fingerprint density at radius 2 is 1.04 bits per heavy atom. The normalized spacial score (nSPS) is 16.3. The summed E-state index contributed by atoms with van der Waals surface area (Å²) in [6, 6.07) is 65.4. The van der Waals surface area contributed by atoms with Crippen LogP contribution in [0.2, 0.25) is 0 Å². The summed E-state index contributed by atoms with van der Waals surface area (Å²) in [5.41, 5.74) is 13.3. The molecule has 9 aromatic carbocycles. The molecule has 56 heavy (non-hydrogen) atoms. The molecule has 1 aliphatic heterocycles. The highest BCUT2D eigenvalue weighted by atomic mass is 31.2. The van der Waals surface area contributed by atoms with E-state index >= 15 is 4.57 Å². The van der Waals surface area contributed by atoms with E-state index in [1.165, 1.54) is 60.3 Å². The highest BCUT2D eigenvalue weighted by Crippen LogP contribution is 2.56. The van der Waals surface area contributed by atoms with E-state index < -0.39 is 7.14 Å². The minimum Gasteiger partial charge on any atom is -0.309 e. The summed E-state index contributed by atoms with van der Waals surface area (Å²) in [6.07, 6.45) is 0. The lowest BCUT2D eigenvalue weighted by Crippen LogP contribution is -2.20. The van der Waals surface area contributed by atoms with Gasteiger partial charge in [-0.15, -0.1) is 0 Å². The van der Waals surface area contributed by atoms with Crippen LogP contribution in [0.1, 0.15) is 25.0 Å². The molecule has 1 unspecified atom stereocenters. The first-order valence-corrected chi connectivity index (χ1v) is 21.2. The fraction of sp³-hybridized carbons (Fsp3) is 0.0566. The first kappa shape index (κ1) is 31.8. The molecule has 0 radical (unpaired) electrons. The zero-order valence-corrected chi connectivity index (χ0v) is 32.0. The Morgan fingerprint density at radius 3 is 1.79 bits per heavy atom. The van der Waals surface area contributed by atoms with Crippen LogP contribution in [0.25, 0.3) is 82.4 Å². The molecule has 2 nitrogen and oxygen atoms in total. The molecule has 0 spiro atoms. The Hall–Kier alpha value is -6.47. The second-order valence-corrected chi connectivity index (χ2v) is 18.6. The fourth-order valence-electron chi connectivity index (χ4n) is 10.3. The van der Waals surface area contributed by atoms with E-state index in [9.17, 15) is 0 Å². The molecule has 12 rings (SSSR count). The average Bonchev–Trinajstić information content (AvgIpc) is 3.81. The number of fused-ring (bicyclic) bond motifs is 12. The molecule has 2 aliphatic rings. The van der Waals surface area contributed by atoms with Gasteiger partial charge in [0.2, 0.25) is 0 Å². The maximum atomic E-state index is 15.8. The second kappa shape index (κ2) is 11.3. The minimum absolute atomic E-state index is 0.105. The topological polar surface area (TPSA) is 22.0 Å². The summed E-state index contributed by atoms with van der Waals surface area (Å²) < 4.78 is 18.3. The van der Waals surface area contributed by atoms with Crippen molar-refractivity contribution in [3.8, 4) is 39.1 Å². The third-order valence-electron chi connectivity index (χ3n) is 12.8. The average molecular weight is 734 g/mol. The number of benzene rings is 9. The third kappa shape index (κ3) is 3.99. The van der Waals surface area contributed by atoms with Gasteiger partial charge in [0.15, 0.2) is 7.14 Å². The monoisotopic (exact) mass is 733 g/mol. The van der Waals surface area contributed by atoms with Gasteiger partial charge >= 0.3 is 0 Å². The quantitative estimate of drug-likeness (QED) is 0.131. The molecule has 3 heteroatoms. The first-order valence-electron chi connectivity index (χ1n) is 19.5. The summed E-state index contributed by atoms with van der Waals surface area (Å²) in [6.45, 7) is 4.71. The molecule has 264 valence electrons. The second-order valence-electron chi connectivity index (χ2n) is 15.9. The number of para-hydroxylation sites is 1. The molecule has 1 aromatic heterocycles. The van der Waals surface area contributed by atoms with Crippen LogP contribution in [0, 0.1) is 0 Å². The maximum absolute atomic E-state index is 15.8. The molecule has 0 N–H and O–H groups in total. The highest BCUT2D eigenvalue weighted by Gasteiger charge is 2.42. The minimum atomic E-state index is -3.16. The Kier molecular flexibility index (Phi) is 6.42. The molecular weight excluding hydrogens is 698 g/mol.